The molecule has 8 heteroatoms. The number of primary amides is 1. The van der Waals surface area contributed by atoms with Crippen molar-refractivity contribution in [3.8, 4) is 0 Å². The standard InChI is InChI=1S/C17H23ClN4O3/c1-2-20-17(25)13-9-12(3-4-14(13)18)21-16(24)11-5-7-22(8-6-11)10-15(19)23/h3-4,9,11H,2,5-8,10H2,1H3,(H2,19,23)(H,20,25)(H,21,24). The minimum atomic E-state index is -0.359. The van der Waals surface area contributed by atoms with Crippen LogP contribution in [0.1, 0.15) is 30.1 Å². The lowest BCUT2D eigenvalue weighted by atomic mass is 9.95. The molecule has 2 rings (SSSR count). The van der Waals surface area contributed by atoms with Gasteiger partial charge in [-0.1, -0.05) is 11.6 Å². The largest absolute Gasteiger partial charge is 0.369 e. The second-order valence-corrected chi connectivity index (χ2v) is 6.47. The molecule has 1 aliphatic heterocycles. The molecule has 0 radical (unpaired) electrons. The first kappa shape index (κ1) is 19.2. The average Bonchev–Trinajstić information content (AvgIpc) is 2.57. The van der Waals surface area contributed by atoms with E-state index < -0.39 is 0 Å². The van der Waals surface area contributed by atoms with Crippen molar-refractivity contribution in [3.63, 3.8) is 0 Å². The van der Waals surface area contributed by atoms with Gasteiger partial charge in [0.05, 0.1) is 17.1 Å². The molecular weight excluding hydrogens is 344 g/mol. The van der Waals surface area contributed by atoms with Crippen molar-refractivity contribution in [3.05, 3.63) is 28.8 Å². The number of likely N-dealkylation sites (tertiary alicyclic amines) is 1. The van der Waals surface area contributed by atoms with Crippen molar-refractivity contribution in [2.24, 2.45) is 11.7 Å². The van der Waals surface area contributed by atoms with E-state index >= 15 is 0 Å². The van der Waals surface area contributed by atoms with E-state index in [4.69, 9.17) is 17.3 Å². The van der Waals surface area contributed by atoms with E-state index in [2.05, 4.69) is 10.6 Å². The van der Waals surface area contributed by atoms with Gasteiger partial charge in [0.2, 0.25) is 11.8 Å². The number of hydrogen-bond donors (Lipinski definition) is 3. The maximum atomic E-state index is 12.4. The Morgan fingerprint density at radius 2 is 1.96 bits per heavy atom. The molecule has 1 saturated heterocycles. The van der Waals surface area contributed by atoms with Gasteiger partial charge in [0.15, 0.2) is 0 Å². The number of hydrogen-bond acceptors (Lipinski definition) is 4. The van der Waals surface area contributed by atoms with Gasteiger partial charge in [0.25, 0.3) is 5.91 Å². The third kappa shape index (κ3) is 5.44. The molecule has 7 nitrogen and oxygen atoms in total. The number of halogens is 1. The van der Waals surface area contributed by atoms with Crippen LogP contribution in [0.3, 0.4) is 0 Å². The number of carbonyl (C=O) groups excluding carboxylic acids is 3. The van der Waals surface area contributed by atoms with Crippen LogP contribution in [0.15, 0.2) is 18.2 Å². The molecular formula is C17H23ClN4O3. The number of nitrogens with one attached hydrogen (secondary N) is 2. The van der Waals surface area contributed by atoms with Gasteiger partial charge in [-0.25, -0.2) is 0 Å². The Balaban J connectivity index is 1.96. The van der Waals surface area contributed by atoms with E-state index in [1.165, 1.54) is 0 Å². The van der Waals surface area contributed by atoms with Crippen molar-refractivity contribution in [2.75, 3.05) is 31.5 Å². The van der Waals surface area contributed by atoms with Gasteiger partial charge in [0, 0.05) is 18.2 Å². The van der Waals surface area contributed by atoms with Gasteiger partial charge in [-0.3, -0.25) is 19.3 Å². The van der Waals surface area contributed by atoms with Crippen LogP contribution in [-0.4, -0.2) is 48.8 Å². The Hall–Kier alpha value is -2.12. The summed E-state index contributed by atoms with van der Waals surface area (Å²) in [7, 11) is 0. The zero-order chi connectivity index (χ0) is 18.4. The lowest BCUT2D eigenvalue weighted by molar-refractivity contribution is -0.122. The Morgan fingerprint density at radius 3 is 2.56 bits per heavy atom. The molecule has 3 amide bonds. The quantitative estimate of drug-likeness (QED) is 0.704. The summed E-state index contributed by atoms with van der Waals surface area (Å²) in [5.74, 6) is -0.860. The second kappa shape index (κ2) is 8.82. The Kier molecular flexibility index (Phi) is 6.78. The highest BCUT2D eigenvalue weighted by molar-refractivity contribution is 6.34. The normalized spacial score (nSPS) is 15.6. The predicted octanol–water partition coefficient (Wildman–Crippen LogP) is 1.23. The summed E-state index contributed by atoms with van der Waals surface area (Å²) in [6, 6.07) is 4.84. The first-order chi connectivity index (χ1) is 11.9. The van der Waals surface area contributed by atoms with Gasteiger partial charge in [-0.2, -0.15) is 0 Å². The number of amides is 3. The second-order valence-electron chi connectivity index (χ2n) is 6.06. The fourth-order valence-corrected chi connectivity index (χ4v) is 3.05. The Morgan fingerprint density at radius 1 is 1.28 bits per heavy atom. The highest BCUT2D eigenvalue weighted by Crippen LogP contribution is 2.23. The molecule has 1 aliphatic rings. The molecule has 136 valence electrons. The lowest BCUT2D eigenvalue weighted by Crippen LogP contribution is -2.42. The fraction of sp³-hybridized carbons (Fsp3) is 0.471. The molecule has 0 aromatic heterocycles. The van der Waals surface area contributed by atoms with Gasteiger partial charge in [0.1, 0.15) is 0 Å². The van der Waals surface area contributed by atoms with E-state index in [0.29, 0.717) is 48.7 Å². The van der Waals surface area contributed by atoms with Crippen LogP contribution in [0.25, 0.3) is 0 Å². The number of benzene rings is 1. The molecule has 0 spiro atoms. The zero-order valence-corrected chi connectivity index (χ0v) is 14.9. The summed E-state index contributed by atoms with van der Waals surface area (Å²) >= 11 is 6.05. The Labute approximate surface area is 151 Å². The van der Waals surface area contributed by atoms with Crippen molar-refractivity contribution in [2.45, 2.75) is 19.8 Å². The predicted molar refractivity (Wildman–Crippen MR) is 96.4 cm³/mol. The Bertz CT molecular complexity index is 657. The van der Waals surface area contributed by atoms with E-state index in [-0.39, 0.29) is 30.2 Å². The smallest absolute Gasteiger partial charge is 0.252 e. The van der Waals surface area contributed by atoms with Crippen LogP contribution in [0.2, 0.25) is 5.02 Å². The summed E-state index contributed by atoms with van der Waals surface area (Å²) in [6.45, 7) is 3.86. The molecule has 0 aliphatic carbocycles. The number of carbonyl (C=O) groups is 3. The molecule has 0 unspecified atom stereocenters. The van der Waals surface area contributed by atoms with Gasteiger partial charge in [-0.05, 0) is 51.1 Å². The molecule has 0 saturated carbocycles. The molecule has 4 N–H and O–H groups in total. The molecule has 0 bridgehead atoms. The third-order valence-electron chi connectivity index (χ3n) is 4.15. The van der Waals surface area contributed by atoms with Crippen molar-refractivity contribution < 1.29 is 14.4 Å². The number of rotatable bonds is 6. The number of piperidine rings is 1. The van der Waals surface area contributed by atoms with Gasteiger partial charge < -0.3 is 16.4 Å². The number of nitrogens with zero attached hydrogens (tertiary/aromatic N) is 1. The SMILES string of the molecule is CCNC(=O)c1cc(NC(=O)C2CCN(CC(N)=O)CC2)ccc1Cl. The van der Waals surface area contributed by atoms with Crippen LogP contribution in [0, 0.1) is 5.92 Å². The minimum absolute atomic E-state index is 0.0945. The average molecular weight is 367 g/mol. The van der Waals surface area contributed by atoms with Crippen LogP contribution in [-0.2, 0) is 9.59 Å². The molecule has 0 atom stereocenters. The van der Waals surface area contributed by atoms with E-state index in [9.17, 15) is 14.4 Å². The molecule has 1 aromatic rings. The van der Waals surface area contributed by atoms with Crippen molar-refractivity contribution >= 4 is 35.0 Å². The van der Waals surface area contributed by atoms with Crippen LogP contribution < -0.4 is 16.4 Å². The van der Waals surface area contributed by atoms with Crippen LogP contribution in [0.5, 0.6) is 0 Å². The summed E-state index contributed by atoms with van der Waals surface area (Å²) < 4.78 is 0. The third-order valence-corrected chi connectivity index (χ3v) is 4.48. The summed E-state index contributed by atoms with van der Waals surface area (Å²) in [4.78, 5) is 37.3. The first-order valence-corrected chi connectivity index (χ1v) is 8.67. The van der Waals surface area contributed by atoms with Crippen LogP contribution in [0.4, 0.5) is 5.69 Å². The van der Waals surface area contributed by atoms with E-state index in [1.54, 1.807) is 18.2 Å². The highest BCUT2D eigenvalue weighted by Gasteiger charge is 2.25. The zero-order valence-electron chi connectivity index (χ0n) is 14.2. The van der Waals surface area contributed by atoms with Gasteiger partial charge >= 0.3 is 0 Å². The topological polar surface area (TPSA) is 105 Å². The molecule has 1 aromatic carbocycles. The maximum Gasteiger partial charge on any atom is 0.252 e. The summed E-state index contributed by atoms with van der Waals surface area (Å²) in [5.41, 5.74) is 6.06. The minimum Gasteiger partial charge on any atom is -0.369 e. The monoisotopic (exact) mass is 366 g/mol. The van der Waals surface area contributed by atoms with Crippen molar-refractivity contribution in [1.29, 1.82) is 0 Å². The molecule has 1 fully saturated rings. The van der Waals surface area contributed by atoms with Crippen LogP contribution >= 0.6 is 11.6 Å². The summed E-state index contributed by atoms with van der Waals surface area (Å²) in [6.07, 6.45) is 1.33. The van der Waals surface area contributed by atoms with Gasteiger partial charge in [-0.15, -0.1) is 0 Å². The highest BCUT2D eigenvalue weighted by atomic mass is 35.5. The van der Waals surface area contributed by atoms with E-state index in [1.807, 2.05) is 11.8 Å². The van der Waals surface area contributed by atoms with Crippen molar-refractivity contribution in [1.82, 2.24) is 10.2 Å². The van der Waals surface area contributed by atoms with E-state index in [0.717, 1.165) is 0 Å². The lowest BCUT2D eigenvalue weighted by Gasteiger charge is -2.30. The number of anilines is 1. The molecule has 25 heavy (non-hydrogen) atoms. The molecule has 1 heterocycles. The summed E-state index contributed by atoms with van der Waals surface area (Å²) in [5, 5.41) is 5.87. The first-order valence-electron chi connectivity index (χ1n) is 8.30. The fourth-order valence-electron chi connectivity index (χ4n) is 2.85. The number of nitrogens with two attached hydrogens (primary N) is 1. The maximum absolute atomic E-state index is 12.4.